The summed E-state index contributed by atoms with van der Waals surface area (Å²) in [5, 5.41) is 1.49. The van der Waals surface area contributed by atoms with Gasteiger partial charge in [-0.15, -0.1) is 0 Å². The van der Waals surface area contributed by atoms with Crippen molar-refractivity contribution >= 4 is 5.91 Å². The molecule has 1 aliphatic heterocycles. The molecule has 0 aromatic carbocycles. The molecule has 0 atom stereocenters. The molecule has 3 nitrogen and oxygen atoms in total. The van der Waals surface area contributed by atoms with Crippen LogP contribution in [0, 0.1) is 5.92 Å². The van der Waals surface area contributed by atoms with Crippen LogP contribution in [0.15, 0.2) is 0 Å². The van der Waals surface area contributed by atoms with Gasteiger partial charge in [0.15, 0.2) is 0 Å². The van der Waals surface area contributed by atoms with Gasteiger partial charge in [-0.05, 0) is 12.3 Å². The third kappa shape index (κ3) is 2.50. The molecule has 0 aromatic rings. The topological polar surface area (TPSA) is 29.5 Å². The maximum Gasteiger partial charge on any atom is 0.246 e. The Morgan fingerprint density at radius 2 is 2.36 bits per heavy atom. The molecule has 1 saturated heterocycles. The van der Waals surface area contributed by atoms with Gasteiger partial charge in [-0.1, -0.05) is 13.8 Å². The van der Waals surface area contributed by atoms with E-state index in [1.54, 1.807) is 0 Å². The Morgan fingerprint density at radius 1 is 1.64 bits per heavy atom. The van der Waals surface area contributed by atoms with E-state index in [1.807, 2.05) is 13.8 Å². The number of carbonyl (C=O) groups excluding carboxylic acids is 1. The van der Waals surface area contributed by atoms with E-state index in [0.29, 0.717) is 18.9 Å². The molecular weight excluding hydrogens is 142 g/mol. The Hall–Kier alpha value is -0.570. The predicted octanol–water partition coefficient (Wildman–Crippen LogP) is 1.20. The van der Waals surface area contributed by atoms with Crippen molar-refractivity contribution in [1.29, 1.82) is 0 Å². The molecular formula is C8H15NO2. The molecule has 0 radical (unpaired) electrons. The maximum atomic E-state index is 11.3. The second-order valence-corrected chi connectivity index (χ2v) is 3.28. The third-order valence-corrected chi connectivity index (χ3v) is 1.61. The molecule has 0 saturated carbocycles. The number of carbonyl (C=O) groups is 1. The maximum absolute atomic E-state index is 11.3. The first kappa shape index (κ1) is 8.53. The van der Waals surface area contributed by atoms with Crippen molar-refractivity contribution in [1.82, 2.24) is 5.06 Å². The zero-order valence-electron chi connectivity index (χ0n) is 7.17. The summed E-state index contributed by atoms with van der Waals surface area (Å²) in [5.74, 6) is 0.546. The number of hydrogen-bond donors (Lipinski definition) is 0. The van der Waals surface area contributed by atoms with E-state index in [0.717, 1.165) is 13.0 Å². The smallest absolute Gasteiger partial charge is 0.246 e. The second-order valence-electron chi connectivity index (χ2n) is 3.28. The van der Waals surface area contributed by atoms with Crippen molar-refractivity contribution in [3.63, 3.8) is 0 Å². The van der Waals surface area contributed by atoms with Gasteiger partial charge in [0.25, 0.3) is 0 Å². The summed E-state index contributed by atoms with van der Waals surface area (Å²) in [5.41, 5.74) is 0. The molecule has 0 aliphatic carbocycles. The minimum absolute atomic E-state index is 0.123. The van der Waals surface area contributed by atoms with Crippen LogP contribution in [0.3, 0.4) is 0 Å². The largest absolute Gasteiger partial charge is 0.273 e. The van der Waals surface area contributed by atoms with Gasteiger partial charge in [-0.3, -0.25) is 9.63 Å². The molecule has 1 rings (SSSR count). The first-order chi connectivity index (χ1) is 5.20. The normalized spacial score (nSPS) is 17.9. The van der Waals surface area contributed by atoms with Gasteiger partial charge in [0.05, 0.1) is 13.2 Å². The van der Waals surface area contributed by atoms with Gasteiger partial charge < -0.3 is 0 Å². The molecule has 1 amide bonds. The Kier molecular flexibility index (Phi) is 2.88. The van der Waals surface area contributed by atoms with Crippen molar-refractivity contribution in [3.8, 4) is 0 Å². The van der Waals surface area contributed by atoms with Crippen LogP contribution in [0.4, 0.5) is 0 Å². The summed E-state index contributed by atoms with van der Waals surface area (Å²) in [6.45, 7) is 5.54. The number of rotatable bonds is 2. The third-order valence-electron chi connectivity index (χ3n) is 1.61. The highest BCUT2D eigenvalue weighted by molar-refractivity contribution is 5.75. The van der Waals surface area contributed by atoms with Crippen LogP contribution in [-0.4, -0.2) is 24.1 Å². The first-order valence-corrected chi connectivity index (χ1v) is 4.13. The molecule has 1 fully saturated rings. The summed E-state index contributed by atoms with van der Waals surface area (Å²) >= 11 is 0. The lowest BCUT2D eigenvalue weighted by Crippen LogP contribution is -2.27. The minimum Gasteiger partial charge on any atom is -0.273 e. The molecule has 3 heteroatoms. The van der Waals surface area contributed by atoms with Gasteiger partial charge in [0, 0.05) is 6.42 Å². The summed E-state index contributed by atoms with van der Waals surface area (Å²) in [6, 6.07) is 0. The first-order valence-electron chi connectivity index (χ1n) is 4.13. The molecule has 0 N–H and O–H groups in total. The molecule has 64 valence electrons. The summed E-state index contributed by atoms with van der Waals surface area (Å²) in [4.78, 5) is 16.4. The molecule has 0 spiro atoms. The number of nitrogens with zero attached hydrogens (tertiary/aromatic N) is 1. The Bertz CT molecular complexity index is 139. The van der Waals surface area contributed by atoms with Crippen molar-refractivity contribution in [2.24, 2.45) is 5.92 Å². The summed E-state index contributed by atoms with van der Waals surface area (Å²) in [7, 11) is 0. The van der Waals surface area contributed by atoms with Crippen LogP contribution in [-0.2, 0) is 9.63 Å². The molecule has 0 bridgehead atoms. The van der Waals surface area contributed by atoms with E-state index in [4.69, 9.17) is 4.84 Å². The average molecular weight is 157 g/mol. The van der Waals surface area contributed by atoms with Gasteiger partial charge in [0.1, 0.15) is 0 Å². The number of hydroxylamine groups is 2. The molecule has 0 aromatic heterocycles. The van der Waals surface area contributed by atoms with Crippen molar-refractivity contribution in [2.45, 2.75) is 26.7 Å². The second kappa shape index (κ2) is 3.72. The monoisotopic (exact) mass is 157 g/mol. The highest BCUT2D eigenvalue weighted by Gasteiger charge is 2.19. The van der Waals surface area contributed by atoms with Gasteiger partial charge in [-0.25, -0.2) is 5.06 Å². The standard InChI is InChI=1S/C8H15NO2/c1-7(2)6-8(10)9-4-3-5-11-9/h7H,3-6H2,1-2H3. The van der Waals surface area contributed by atoms with Crippen LogP contribution in [0.5, 0.6) is 0 Å². The molecule has 11 heavy (non-hydrogen) atoms. The van der Waals surface area contributed by atoms with Gasteiger partial charge in [-0.2, -0.15) is 0 Å². The zero-order chi connectivity index (χ0) is 8.27. The van der Waals surface area contributed by atoms with Crippen LogP contribution < -0.4 is 0 Å². The SMILES string of the molecule is CC(C)CC(=O)N1CCCO1. The highest BCUT2D eigenvalue weighted by atomic mass is 16.7. The predicted molar refractivity (Wildman–Crippen MR) is 41.7 cm³/mol. The fraction of sp³-hybridized carbons (Fsp3) is 0.875. The van der Waals surface area contributed by atoms with E-state index in [-0.39, 0.29) is 5.91 Å². The molecule has 0 unspecified atom stereocenters. The van der Waals surface area contributed by atoms with E-state index in [2.05, 4.69) is 0 Å². The summed E-state index contributed by atoms with van der Waals surface area (Å²) < 4.78 is 0. The van der Waals surface area contributed by atoms with E-state index >= 15 is 0 Å². The Balaban J connectivity index is 2.28. The number of amides is 1. The highest BCUT2D eigenvalue weighted by Crippen LogP contribution is 2.09. The average Bonchev–Trinajstić information content (AvgIpc) is 2.35. The van der Waals surface area contributed by atoms with E-state index < -0.39 is 0 Å². The van der Waals surface area contributed by atoms with Crippen LogP contribution in [0.2, 0.25) is 0 Å². The molecule has 1 aliphatic rings. The van der Waals surface area contributed by atoms with Crippen molar-refractivity contribution in [3.05, 3.63) is 0 Å². The van der Waals surface area contributed by atoms with E-state index in [1.165, 1.54) is 5.06 Å². The lowest BCUT2D eigenvalue weighted by atomic mass is 10.1. The quantitative estimate of drug-likeness (QED) is 0.602. The van der Waals surface area contributed by atoms with Crippen LogP contribution in [0.1, 0.15) is 26.7 Å². The summed E-state index contributed by atoms with van der Waals surface area (Å²) in [6.07, 6.45) is 1.57. The Labute approximate surface area is 67.3 Å². The fourth-order valence-corrected chi connectivity index (χ4v) is 1.10. The Morgan fingerprint density at radius 3 is 2.82 bits per heavy atom. The van der Waals surface area contributed by atoms with Crippen LogP contribution in [0.25, 0.3) is 0 Å². The fourth-order valence-electron chi connectivity index (χ4n) is 1.10. The lowest BCUT2D eigenvalue weighted by Gasteiger charge is -2.14. The number of hydrogen-bond acceptors (Lipinski definition) is 2. The van der Waals surface area contributed by atoms with Crippen molar-refractivity contribution < 1.29 is 9.63 Å². The van der Waals surface area contributed by atoms with Crippen molar-refractivity contribution in [2.75, 3.05) is 13.2 Å². The van der Waals surface area contributed by atoms with Crippen LogP contribution >= 0.6 is 0 Å². The van der Waals surface area contributed by atoms with E-state index in [9.17, 15) is 4.79 Å². The lowest BCUT2D eigenvalue weighted by molar-refractivity contribution is -0.169. The van der Waals surface area contributed by atoms with Gasteiger partial charge >= 0.3 is 0 Å². The molecule has 1 heterocycles. The minimum atomic E-state index is 0.123. The zero-order valence-corrected chi connectivity index (χ0v) is 7.17. The van der Waals surface area contributed by atoms with Gasteiger partial charge in [0.2, 0.25) is 5.91 Å².